The van der Waals surface area contributed by atoms with E-state index in [4.69, 9.17) is 26.8 Å². The summed E-state index contributed by atoms with van der Waals surface area (Å²) in [5, 5.41) is 0.483. The predicted octanol–water partition coefficient (Wildman–Crippen LogP) is 1.57. The second-order valence-corrected chi connectivity index (χ2v) is 3.37. The van der Waals surface area contributed by atoms with E-state index in [1.807, 2.05) is 0 Å². The van der Waals surface area contributed by atoms with Crippen LogP contribution in [0.25, 0.3) is 6.08 Å². The lowest BCUT2D eigenvalue weighted by atomic mass is 10.2. The van der Waals surface area contributed by atoms with E-state index >= 15 is 0 Å². The number of halogens is 1. The number of primary amides is 1. The first kappa shape index (κ1) is 9.86. The minimum atomic E-state index is -0.524. The van der Waals surface area contributed by atoms with E-state index in [2.05, 4.69) is 0 Å². The fourth-order valence-corrected chi connectivity index (χ4v) is 1.45. The van der Waals surface area contributed by atoms with Gasteiger partial charge in [0.1, 0.15) is 0 Å². The van der Waals surface area contributed by atoms with Crippen LogP contribution in [0.5, 0.6) is 11.5 Å². The van der Waals surface area contributed by atoms with Gasteiger partial charge >= 0.3 is 0 Å². The van der Waals surface area contributed by atoms with E-state index in [0.29, 0.717) is 22.1 Å². The molecule has 1 aliphatic heterocycles. The van der Waals surface area contributed by atoms with Crippen LogP contribution >= 0.6 is 11.6 Å². The van der Waals surface area contributed by atoms with Crippen molar-refractivity contribution in [3.8, 4) is 11.5 Å². The third-order valence-corrected chi connectivity index (χ3v) is 2.25. The number of rotatable bonds is 2. The zero-order valence-corrected chi connectivity index (χ0v) is 8.45. The summed E-state index contributed by atoms with van der Waals surface area (Å²) in [5.41, 5.74) is 5.64. The van der Waals surface area contributed by atoms with Gasteiger partial charge in [0.2, 0.25) is 12.7 Å². The van der Waals surface area contributed by atoms with Crippen LogP contribution in [0.15, 0.2) is 18.2 Å². The van der Waals surface area contributed by atoms with Gasteiger partial charge in [-0.1, -0.05) is 11.6 Å². The molecule has 0 saturated carbocycles. The van der Waals surface area contributed by atoms with Crippen LogP contribution in [0.4, 0.5) is 0 Å². The minimum Gasteiger partial charge on any atom is -0.454 e. The number of benzene rings is 1. The largest absolute Gasteiger partial charge is 0.454 e. The summed E-state index contributed by atoms with van der Waals surface area (Å²) in [5.74, 6) is 0.698. The van der Waals surface area contributed by atoms with Gasteiger partial charge in [0, 0.05) is 12.1 Å². The van der Waals surface area contributed by atoms with Gasteiger partial charge in [-0.25, -0.2) is 0 Å². The number of fused-ring (bicyclic) bond motifs is 1. The Morgan fingerprint density at radius 3 is 2.73 bits per heavy atom. The van der Waals surface area contributed by atoms with Crippen LogP contribution in [0, 0.1) is 0 Å². The molecule has 0 aromatic heterocycles. The molecule has 4 nitrogen and oxygen atoms in total. The molecule has 0 radical (unpaired) electrons. The molecule has 2 rings (SSSR count). The van der Waals surface area contributed by atoms with Gasteiger partial charge in [-0.2, -0.15) is 0 Å². The lowest BCUT2D eigenvalue weighted by Crippen LogP contribution is -2.05. The molecule has 0 saturated heterocycles. The Balaban J connectivity index is 2.36. The number of carbonyl (C=O) groups excluding carboxylic acids is 1. The van der Waals surface area contributed by atoms with Gasteiger partial charge in [0.15, 0.2) is 11.5 Å². The average molecular weight is 226 g/mol. The monoisotopic (exact) mass is 225 g/mol. The number of hydrogen-bond acceptors (Lipinski definition) is 3. The maximum atomic E-state index is 10.6. The second kappa shape index (κ2) is 3.82. The maximum Gasteiger partial charge on any atom is 0.241 e. The third kappa shape index (κ3) is 2.05. The molecule has 2 N–H and O–H groups in total. The van der Waals surface area contributed by atoms with Crippen molar-refractivity contribution in [2.75, 3.05) is 6.79 Å². The Bertz CT molecular complexity index is 443. The number of ether oxygens (including phenoxy) is 2. The number of nitrogens with two attached hydrogens (primary N) is 1. The summed E-state index contributed by atoms with van der Waals surface area (Å²) < 4.78 is 10.3. The molecule has 0 bridgehead atoms. The molecule has 0 atom stereocenters. The van der Waals surface area contributed by atoms with Crippen molar-refractivity contribution in [1.82, 2.24) is 0 Å². The highest BCUT2D eigenvalue weighted by atomic mass is 35.5. The van der Waals surface area contributed by atoms with Crippen molar-refractivity contribution < 1.29 is 14.3 Å². The van der Waals surface area contributed by atoms with Crippen LogP contribution in [0.2, 0.25) is 5.02 Å². The Kier molecular flexibility index (Phi) is 2.51. The standard InChI is InChI=1S/C10H8ClNO3/c11-7-4-9-8(14-5-15-9)3-6(7)1-2-10(12)13/h1-4H,5H2,(H2,12,13). The highest BCUT2D eigenvalue weighted by molar-refractivity contribution is 6.32. The molecule has 1 heterocycles. The molecule has 0 fully saturated rings. The zero-order chi connectivity index (χ0) is 10.8. The molecule has 0 unspecified atom stereocenters. The zero-order valence-electron chi connectivity index (χ0n) is 7.70. The van der Waals surface area contributed by atoms with Crippen molar-refractivity contribution in [2.24, 2.45) is 5.73 Å². The fraction of sp³-hybridized carbons (Fsp3) is 0.100. The van der Waals surface area contributed by atoms with Crippen molar-refractivity contribution in [3.05, 3.63) is 28.8 Å². The molecule has 0 spiro atoms. The maximum absolute atomic E-state index is 10.6. The SMILES string of the molecule is NC(=O)C=Cc1cc2c(cc1Cl)OCO2. The normalized spacial score (nSPS) is 13.4. The molecule has 1 amide bonds. The molecule has 1 aromatic carbocycles. The minimum absolute atomic E-state index is 0.189. The van der Waals surface area contributed by atoms with Gasteiger partial charge < -0.3 is 15.2 Å². The summed E-state index contributed by atoms with van der Waals surface area (Å²) in [6.45, 7) is 0.189. The number of amides is 1. The lowest BCUT2D eigenvalue weighted by molar-refractivity contribution is -0.113. The van der Waals surface area contributed by atoms with Crippen molar-refractivity contribution in [3.63, 3.8) is 0 Å². The molecule has 1 aliphatic rings. The van der Waals surface area contributed by atoms with Gasteiger partial charge in [0.25, 0.3) is 0 Å². The highest BCUT2D eigenvalue weighted by Gasteiger charge is 2.15. The average Bonchev–Trinajstić information content (AvgIpc) is 2.60. The summed E-state index contributed by atoms with van der Waals surface area (Å²) in [7, 11) is 0. The quantitative estimate of drug-likeness (QED) is 0.777. The van der Waals surface area contributed by atoms with E-state index in [9.17, 15) is 4.79 Å². The van der Waals surface area contributed by atoms with E-state index in [-0.39, 0.29) is 6.79 Å². The van der Waals surface area contributed by atoms with Crippen molar-refractivity contribution in [2.45, 2.75) is 0 Å². The Morgan fingerprint density at radius 2 is 2.07 bits per heavy atom. The summed E-state index contributed by atoms with van der Waals surface area (Å²) in [6, 6.07) is 3.34. The summed E-state index contributed by atoms with van der Waals surface area (Å²) in [6.07, 6.45) is 2.77. The first-order valence-electron chi connectivity index (χ1n) is 4.23. The van der Waals surface area contributed by atoms with Gasteiger partial charge in [-0.05, 0) is 17.7 Å². The third-order valence-electron chi connectivity index (χ3n) is 1.92. The number of carbonyl (C=O) groups is 1. The van der Waals surface area contributed by atoms with Gasteiger partial charge in [-0.15, -0.1) is 0 Å². The first-order chi connectivity index (χ1) is 7.16. The molecule has 15 heavy (non-hydrogen) atoms. The van der Waals surface area contributed by atoms with Crippen molar-refractivity contribution >= 4 is 23.6 Å². The van der Waals surface area contributed by atoms with Crippen LogP contribution < -0.4 is 15.2 Å². The molecule has 1 aromatic rings. The van der Waals surface area contributed by atoms with Crippen LogP contribution in [-0.4, -0.2) is 12.7 Å². The number of hydrogen-bond donors (Lipinski definition) is 1. The van der Waals surface area contributed by atoms with Crippen LogP contribution in [0.3, 0.4) is 0 Å². The predicted molar refractivity (Wildman–Crippen MR) is 55.8 cm³/mol. The molecule has 5 heteroatoms. The van der Waals surface area contributed by atoms with Crippen molar-refractivity contribution in [1.29, 1.82) is 0 Å². The Hall–Kier alpha value is -1.68. The van der Waals surface area contributed by atoms with Crippen LogP contribution in [-0.2, 0) is 4.79 Å². The van der Waals surface area contributed by atoms with E-state index < -0.39 is 5.91 Å². The molecule has 0 aliphatic carbocycles. The summed E-state index contributed by atoms with van der Waals surface area (Å²) in [4.78, 5) is 10.6. The van der Waals surface area contributed by atoms with E-state index in [1.165, 1.54) is 12.2 Å². The molecular weight excluding hydrogens is 218 g/mol. The molecular formula is C10H8ClNO3. The highest BCUT2D eigenvalue weighted by Crippen LogP contribution is 2.37. The van der Waals surface area contributed by atoms with E-state index in [0.717, 1.165) is 0 Å². The Morgan fingerprint density at radius 1 is 1.40 bits per heavy atom. The smallest absolute Gasteiger partial charge is 0.241 e. The van der Waals surface area contributed by atoms with E-state index in [1.54, 1.807) is 12.1 Å². The summed E-state index contributed by atoms with van der Waals surface area (Å²) >= 11 is 5.95. The lowest BCUT2D eigenvalue weighted by Gasteiger charge is -2.00. The second-order valence-electron chi connectivity index (χ2n) is 2.96. The van der Waals surface area contributed by atoms with Gasteiger partial charge in [-0.3, -0.25) is 4.79 Å². The van der Waals surface area contributed by atoms with Crippen LogP contribution in [0.1, 0.15) is 5.56 Å². The fourth-order valence-electron chi connectivity index (χ4n) is 1.23. The topological polar surface area (TPSA) is 61.6 Å². The first-order valence-corrected chi connectivity index (χ1v) is 4.61. The van der Waals surface area contributed by atoms with Gasteiger partial charge in [0.05, 0.1) is 5.02 Å². The molecule has 78 valence electrons. The Labute approximate surface area is 91.2 Å².